The average molecular weight is 410 g/mol. The molecule has 0 amide bonds. The Kier molecular flexibility index (Phi) is 14.8. The Balaban J connectivity index is 5.60. The van der Waals surface area contributed by atoms with E-state index in [-0.39, 0.29) is 0 Å². The van der Waals surface area contributed by atoms with Gasteiger partial charge in [-0.2, -0.15) is 0 Å². The van der Waals surface area contributed by atoms with Crippen LogP contribution in [0.2, 0.25) is 12.1 Å². The summed E-state index contributed by atoms with van der Waals surface area (Å²) in [6.07, 6.45) is 1.98. The van der Waals surface area contributed by atoms with Gasteiger partial charge in [-0.3, -0.25) is 0 Å². The third-order valence-corrected chi connectivity index (χ3v) is 9.62. The van der Waals surface area contributed by atoms with E-state index in [1.165, 1.54) is 0 Å². The monoisotopic (exact) mass is 409 g/mol. The predicted octanol–water partition coefficient (Wildman–Crippen LogP) is 2.97. The molecular weight excluding hydrogens is 370 g/mol. The van der Waals surface area contributed by atoms with Crippen LogP contribution in [0.5, 0.6) is 0 Å². The molecule has 0 bridgehead atoms. The topological polar surface area (TPSA) is 81.4 Å². The third-order valence-electron chi connectivity index (χ3n) is 3.48. The molecule has 0 aromatic rings. The minimum atomic E-state index is -2.83. The van der Waals surface area contributed by atoms with E-state index in [2.05, 4.69) is 0 Å². The van der Waals surface area contributed by atoms with Crippen molar-refractivity contribution in [2.24, 2.45) is 5.73 Å². The molecule has 0 radical (unpaired) electrons. The van der Waals surface area contributed by atoms with E-state index < -0.39 is 17.6 Å². The molecule has 0 aromatic carbocycles. The SMILES string of the molecule is CCO[Si](CC(=CCN)C[Si](OCC)(OCC)OCC)(OCC)OCC. The van der Waals surface area contributed by atoms with Crippen LogP contribution in [-0.4, -0.2) is 63.8 Å². The molecular formula is C17H39NO6Si2. The second kappa shape index (κ2) is 14.9. The summed E-state index contributed by atoms with van der Waals surface area (Å²) in [5.41, 5.74) is 6.87. The van der Waals surface area contributed by atoms with Crippen molar-refractivity contribution in [2.45, 2.75) is 53.6 Å². The van der Waals surface area contributed by atoms with E-state index in [0.29, 0.717) is 58.3 Å². The minimum absolute atomic E-state index is 0.416. The quantitative estimate of drug-likeness (QED) is 0.292. The third kappa shape index (κ3) is 9.20. The zero-order valence-corrected chi connectivity index (χ0v) is 19.5. The van der Waals surface area contributed by atoms with Crippen LogP contribution in [0.1, 0.15) is 41.5 Å². The highest BCUT2D eigenvalue weighted by Crippen LogP contribution is 2.29. The molecule has 0 aromatic heterocycles. The normalized spacial score (nSPS) is 12.4. The van der Waals surface area contributed by atoms with Gasteiger partial charge in [0, 0.05) is 58.3 Å². The molecule has 0 saturated heterocycles. The maximum atomic E-state index is 5.99. The van der Waals surface area contributed by atoms with Gasteiger partial charge in [-0.25, -0.2) is 0 Å². The highest BCUT2D eigenvalue weighted by Gasteiger charge is 2.46. The highest BCUT2D eigenvalue weighted by atomic mass is 28.4. The van der Waals surface area contributed by atoms with Gasteiger partial charge >= 0.3 is 17.6 Å². The van der Waals surface area contributed by atoms with Gasteiger partial charge in [0.1, 0.15) is 0 Å². The second-order valence-electron chi connectivity index (χ2n) is 5.42. The zero-order valence-electron chi connectivity index (χ0n) is 17.5. The van der Waals surface area contributed by atoms with Crippen LogP contribution in [0, 0.1) is 0 Å². The molecule has 156 valence electrons. The first-order valence-corrected chi connectivity index (χ1v) is 13.6. The van der Waals surface area contributed by atoms with Gasteiger partial charge < -0.3 is 32.3 Å². The van der Waals surface area contributed by atoms with E-state index in [1.54, 1.807) is 0 Å². The molecule has 0 saturated carbocycles. The molecule has 0 aliphatic heterocycles. The van der Waals surface area contributed by atoms with Crippen molar-refractivity contribution in [1.82, 2.24) is 0 Å². The maximum Gasteiger partial charge on any atom is 0.505 e. The maximum absolute atomic E-state index is 5.99. The predicted molar refractivity (Wildman–Crippen MR) is 108 cm³/mol. The van der Waals surface area contributed by atoms with Gasteiger partial charge in [-0.15, -0.1) is 0 Å². The molecule has 0 aliphatic rings. The lowest BCUT2D eigenvalue weighted by atomic mass is 10.3. The van der Waals surface area contributed by atoms with E-state index in [0.717, 1.165) is 5.57 Å². The van der Waals surface area contributed by atoms with E-state index in [9.17, 15) is 0 Å². The van der Waals surface area contributed by atoms with Crippen molar-refractivity contribution in [1.29, 1.82) is 0 Å². The van der Waals surface area contributed by atoms with Crippen LogP contribution in [0.4, 0.5) is 0 Å². The lowest BCUT2D eigenvalue weighted by Gasteiger charge is -2.33. The average Bonchev–Trinajstić information content (AvgIpc) is 2.56. The Morgan fingerprint density at radius 3 is 1.08 bits per heavy atom. The molecule has 0 unspecified atom stereocenters. The lowest BCUT2D eigenvalue weighted by Crippen LogP contribution is -2.49. The Morgan fingerprint density at radius 2 is 0.885 bits per heavy atom. The number of hydrogen-bond acceptors (Lipinski definition) is 7. The van der Waals surface area contributed by atoms with Gasteiger partial charge in [0.25, 0.3) is 0 Å². The van der Waals surface area contributed by atoms with Crippen molar-refractivity contribution < 1.29 is 26.6 Å². The zero-order chi connectivity index (χ0) is 19.9. The molecule has 0 atom stereocenters. The fraction of sp³-hybridized carbons (Fsp3) is 0.882. The van der Waals surface area contributed by atoms with Crippen LogP contribution >= 0.6 is 0 Å². The van der Waals surface area contributed by atoms with Gasteiger partial charge in [0.2, 0.25) is 0 Å². The summed E-state index contributed by atoms with van der Waals surface area (Å²) in [7, 11) is -5.67. The van der Waals surface area contributed by atoms with Gasteiger partial charge in [-0.05, 0) is 41.5 Å². The smallest absolute Gasteiger partial charge is 0.374 e. The largest absolute Gasteiger partial charge is 0.505 e. The van der Waals surface area contributed by atoms with Gasteiger partial charge in [0.15, 0.2) is 0 Å². The van der Waals surface area contributed by atoms with E-state index >= 15 is 0 Å². The number of allylic oxidation sites excluding steroid dienone is 1. The van der Waals surface area contributed by atoms with Crippen LogP contribution in [-0.2, 0) is 26.6 Å². The first-order valence-electron chi connectivity index (χ1n) is 9.72. The van der Waals surface area contributed by atoms with Crippen molar-refractivity contribution >= 4 is 17.6 Å². The van der Waals surface area contributed by atoms with Crippen molar-refractivity contribution in [3.8, 4) is 0 Å². The van der Waals surface area contributed by atoms with E-state index in [4.69, 9.17) is 32.3 Å². The van der Waals surface area contributed by atoms with E-state index in [1.807, 2.05) is 47.6 Å². The number of rotatable bonds is 17. The Bertz CT molecular complexity index is 320. The molecule has 0 aliphatic carbocycles. The van der Waals surface area contributed by atoms with Crippen molar-refractivity contribution in [3.63, 3.8) is 0 Å². The standard InChI is InChI=1S/C17H39NO6Si2/c1-7-19-25(20-8-2,21-9-3)15-17(13-14-18)16-26(22-10-4,23-11-5)24-12-6/h13H,7-12,14-16,18H2,1-6H3. The summed E-state index contributed by atoms with van der Waals surface area (Å²) < 4.78 is 35.9. The molecule has 2 N–H and O–H groups in total. The van der Waals surface area contributed by atoms with Crippen molar-refractivity contribution in [2.75, 3.05) is 46.2 Å². The molecule has 7 nitrogen and oxygen atoms in total. The molecule has 0 spiro atoms. The lowest BCUT2D eigenvalue weighted by molar-refractivity contribution is 0.0698. The fourth-order valence-electron chi connectivity index (χ4n) is 2.81. The second-order valence-corrected chi connectivity index (χ2v) is 10.6. The Hall–Kier alpha value is -0.106. The summed E-state index contributed by atoms with van der Waals surface area (Å²) in [6.45, 7) is 15.3. The minimum Gasteiger partial charge on any atom is -0.374 e. The summed E-state index contributed by atoms with van der Waals surface area (Å²) in [6, 6.07) is 1.11. The number of hydrogen-bond donors (Lipinski definition) is 1. The molecule has 0 heterocycles. The molecule has 26 heavy (non-hydrogen) atoms. The molecule has 0 rings (SSSR count). The van der Waals surface area contributed by atoms with Crippen molar-refractivity contribution in [3.05, 3.63) is 11.6 Å². The Labute approximate surface area is 161 Å². The first-order chi connectivity index (χ1) is 12.5. The first kappa shape index (κ1) is 25.9. The molecule has 9 heteroatoms. The summed E-state index contributed by atoms with van der Waals surface area (Å²) >= 11 is 0. The van der Waals surface area contributed by atoms with Crippen LogP contribution in [0.3, 0.4) is 0 Å². The van der Waals surface area contributed by atoms with Gasteiger partial charge in [0.05, 0.1) is 0 Å². The fourth-order valence-corrected chi connectivity index (χ4v) is 8.46. The summed E-state index contributed by atoms with van der Waals surface area (Å²) in [4.78, 5) is 0. The summed E-state index contributed by atoms with van der Waals surface area (Å²) in [5, 5.41) is 0. The highest BCUT2D eigenvalue weighted by molar-refractivity contribution is 6.64. The summed E-state index contributed by atoms with van der Waals surface area (Å²) in [5.74, 6) is 0. The Morgan fingerprint density at radius 1 is 0.615 bits per heavy atom. The number of nitrogens with two attached hydrogens (primary N) is 1. The van der Waals surface area contributed by atoms with Gasteiger partial charge in [-0.1, -0.05) is 11.6 Å². The van der Waals surface area contributed by atoms with Crippen LogP contribution in [0.15, 0.2) is 11.6 Å². The van der Waals surface area contributed by atoms with Crippen LogP contribution in [0.25, 0.3) is 0 Å². The van der Waals surface area contributed by atoms with Crippen LogP contribution < -0.4 is 5.73 Å². The molecule has 0 fully saturated rings.